The molecule has 140 valence electrons. The number of urea groups is 1. The molecule has 1 aromatic heterocycles. The normalized spacial score (nSPS) is 11.3. The molecule has 0 aliphatic rings. The minimum absolute atomic E-state index is 0.103. The van der Waals surface area contributed by atoms with E-state index in [1.807, 2.05) is 13.8 Å². The lowest BCUT2D eigenvalue weighted by atomic mass is 10.1. The average molecular weight is 384 g/mol. The summed E-state index contributed by atoms with van der Waals surface area (Å²) in [6.07, 6.45) is 1.99. The summed E-state index contributed by atoms with van der Waals surface area (Å²) in [4.78, 5) is 15.8. The van der Waals surface area contributed by atoms with Gasteiger partial charge >= 0.3 is 6.03 Å². The van der Waals surface area contributed by atoms with Crippen LogP contribution in [0.25, 0.3) is 11.1 Å². The Morgan fingerprint density at radius 3 is 2.65 bits per heavy atom. The molecule has 1 heterocycles. The van der Waals surface area contributed by atoms with Gasteiger partial charge in [-0.1, -0.05) is 11.6 Å². The van der Waals surface area contributed by atoms with Crippen LogP contribution in [0.5, 0.6) is 0 Å². The van der Waals surface area contributed by atoms with E-state index >= 15 is 0 Å². The van der Waals surface area contributed by atoms with Gasteiger partial charge in [-0.15, -0.1) is 0 Å². The molecule has 0 saturated heterocycles. The van der Waals surface area contributed by atoms with Crippen molar-refractivity contribution in [2.75, 3.05) is 19.0 Å². The second-order valence-corrected chi connectivity index (χ2v) is 6.66. The van der Waals surface area contributed by atoms with Crippen LogP contribution in [-0.4, -0.2) is 30.3 Å². The first-order chi connectivity index (χ1) is 12.2. The number of hydrogen-bond donors (Lipinski definition) is 2. The molecule has 0 fully saturated rings. The van der Waals surface area contributed by atoms with Crippen LogP contribution in [0.3, 0.4) is 0 Å². The zero-order valence-corrected chi connectivity index (χ0v) is 15.5. The van der Waals surface area contributed by atoms with Crippen molar-refractivity contribution >= 4 is 23.3 Å². The number of hydrogen-bond acceptors (Lipinski definition) is 3. The standard InChI is InChI=1S/C18H20ClF2N3O2/c1-18(2,26-3)5-7-23-17(25)24-15-9-12(13(20)10-14(15)21)11-4-6-22-16(19)8-11/h4,6,8-10H,5,7H2,1-3H3,(H2,23,24,25). The number of aromatic nitrogens is 1. The molecule has 2 N–H and O–H groups in total. The third kappa shape index (κ3) is 5.37. The van der Waals surface area contributed by atoms with Crippen molar-refractivity contribution in [3.05, 3.63) is 47.2 Å². The van der Waals surface area contributed by atoms with Crippen molar-refractivity contribution in [3.8, 4) is 11.1 Å². The molecule has 2 rings (SSSR count). The van der Waals surface area contributed by atoms with Crippen LogP contribution in [-0.2, 0) is 4.74 Å². The lowest BCUT2D eigenvalue weighted by Gasteiger charge is -2.22. The van der Waals surface area contributed by atoms with E-state index in [2.05, 4.69) is 15.6 Å². The van der Waals surface area contributed by atoms with E-state index < -0.39 is 17.7 Å². The number of nitrogens with zero attached hydrogens (tertiary/aromatic N) is 1. The molecule has 0 aliphatic carbocycles. The topological polar surface area (TPSA) is 63.2 Å². The highest BCUT2D eigenvalue weighted by atomic mass is 35.5. The number of anilines is 1. The van der Waals surface area contributed by atoms with E-state index in [-0.39, 0.29) is 22.0 Å². The molecule has 2 amide bonds. The molecule has 5 nitrogen and oxygen atoms in total. The fourth-order valence-corrected chi connectivity index (χ4v) is 2.36. The van der Waals surface area contributed by atoms with Crippen LogP contribution in [0.1, 0.15) is 20.3 Å². The van der Waals surface area contributed by atoms with E-state index in [0.717, 1.165) is 0 Å². The Morgan fingerprint density at radius 1 is 1.27 bits per heavy atom. The fourth-order valence-electron chi connectivity index (χ4n) is 2.18. The van der Waals surface area contributed by atoms with Crippen molar-refractivity contribution < 1.29 is 18.3 Å². The second-order valence-electron chi connectivity index (χ2n) is 6.27. The molecular formula is C18H20ClF2N3O2. The molecule has 0 aliphatic heterocycles. The monoisotopic (exact) mass is 383 g/mol. The third-order valence-corrected chi connectivity index (χ3v) is 4.11. The number of nitrogens with one attached hydrogen (secondary N) is 2. The molecule has 1 aromatic carbocycles. The predicted octanol–water partition coefficient (Wildman–Crippen LogP) is 4.62. The van der Waals surface area contributed by atoms with Crippen LogP contribution in [0.2, 0.25) is 5.15 Å². The molecule has 26 heavy (non-hydrogen) atoms. The van der Waals surface area contributed by atoms with Crippen molar-refractivity contribution in [2.24, 2.45) is 0 Å². The number of methoxy groups -OCH3 is 1. The number of carbonyl (C=O) groups is 1. The molecule has 0 unspecified atom stereocenters. The van der Waals surface area contributed by atoms with Gasteiger partial charge in [-0.2, -0.15) is 0 Å². The van der Waals surface area contributed by atoms with Gasteiger partial charge in [0.15, 0.2) is 0 Å². The molecule has 0 atom stereocenters. The summed E-state index contributed by atoms with van der Waals surface area (Å²) in [5, 5.41) is 5.18. The summed E-state index contributed by atoms with van der Waals surface area (Å²) in [6.45, 7) is 4.11. The number of pyridine rings is 1. The van der Waals surface area contributed by atoms with Gasteiger partial charge in [0.25, 0.3) is 0 Å². The second kappa shape index (κ2) is 8.42. The Bertz CT molecular complexity index is 800. The van der Waals surface area contributed by atoms with Crippen LogP contribution in [0, 0.1) is 11.6 Å². The van der Waals surface area contributed by atoms with Gasteiger partial charge in [-0.05, 0) is 44.0 Å². The van der Waals surface area contributed by atoms with Crippen LogP contribution < -0.4 is 10.6 Å². The zero-order chi connectivity index (χ0) is 19.3. The quantitative estimate of drug-likeness (QED) is 0.715. The predicted molar refractivity (Wildman–Crippen MR) is 97.3 cm³/mol. The van der Waals surface area contributed by atoms with Crippen molar-refractivity contribution in [1.29, 1.82) is 0 Å². The first-order valence-electron chi connectivity index (χ1n) is 7.93. The molecule has 2 aromatic rings. The maximum absolute atomic E-state index is 14.1. The van der Waals surface area contributed by atoms with E-state index in [4.69, 9.17) is 16.3 Å². The highest BCUT2D eigenvalue weighted by Gasteiger charge is 2.17. The minimum Gasteiger partial charge on any atom is -0.379 e. The van der Waals surface area contributed by atoms with Gasteiger partial charge in [0.2, 0.25) is 0 Å². The Balaban J connectivity index is 2.12. The molecule has 0 saturated carbocycles. The van der Waals surface area contributed by atoms with Gasteiger partial charge < -0.3 is 15.4 Å². The molecule has 0 bridgehead atoms. The van der Waals surface area contributed by atoms with Gasteiger partial charge in [0, 0.05) is 31.5 Å². The smallest absolute Gasteiger partial charge is 0.319 e. The fraction of sp³-hybridized carbons (Fsp3) is 0.333. The molecular weight excluding hydrogens is 364 g/mol. The van der Waals surface area contributed by atoms with Crippen molar-refractivity contribution in [2.45, 2.75) is 25.9 Å². The molecule has 0 radical (unpaired) electrons. The zero-order valence-electron chi connectivity index (χ0n) is 14.7. The summed E-state index contributed by atoms with van der Waals surface area (Å²) < 4.78 is 33.4. The number of benzene rings is 1. The maximum Gasteiger partial charge on any atom is 0.319 e. The Labute approximate surface area is 155 Å². The van der Waals surface area contributed by atoms with Gasteiger partial charge in [-0.25, -0.2) is 18.6 Å². The number of rotatable bonds is 6. The summed E-state index contributed by atoms with van der Waals surface area (Å²) in [5.41, 5.74) is -0.000463. The highest BCUT2D eigenvalue weighted by molar-refractivity contribution is 6.29. The Morgan fingerprint density at radius 2 is 2.00 bits per heavy atom. The summed E-state index contributed by atoms with van der Waals surface area (Å²) in [6, 6.07) is 4.33. The lowest BCUT2D eigenvalue weighted by Crippen LogP contribution is -2.34. The summed E-state index contributed by atoms with van der Waals surface area (Å²) in [7, 11) is 1.58. The summed E-state index contributed by atoms with van der Waals surface area (Å²) in [5.74, 6) is -1.64. The molecule has 0 spiro atoms. The first kappa shape index (κ1) is 20.1. The lowest BCUT2D eigenvalue weighted by molar-refractivity contribution is 0.0165. The number of ether oxygens (including phenoxy) is 1. The molecule has 8 heteroatoms. The first-order valence-corrected chi connectivity index (χ1v) is 8.30. The average Bonchev–Trinajstić information content (AvgIpc) is 2.57. The van der Waals surface area contributed by atoms with Crippen LogP contribution >= 0.6 is 11.6 Å². The maximum atomic E-state index is 14.1. The largest absolute Gasteiger partial charge is 0.379 e. The van der Waals surface area contributed by atoms with E-state index in [9.17, 15) is 13.6 Å². The van der Waals surface area contributed by atoms with E-state index in [1.165, 1.54) is 18.3 Å². The minimum atomic E-state index is -0.876. The number of amides is 2. The van der Waals surface area contributed by atoms with E-state index in [1.54, 1.807) is 13.2 Å². The van der Waals surface area contributed by atoms with Gasteiger partial charge in [0.05, 0.1) is 11.3 Å². The number of halogens is 3. The summed E-state index contributed by atoms with van der Waals surface area (Å²) >= 11 is 5.81. The van der Waals surface area contributed by atoms with Crippen molar-refractivity contribution in [1.82, 2.24) is 10.3 Å². The number of carbonyl (C=O) groups excluding carboxylic acids is 1. The highest BCUT2D eigenvalue weighted by Crippen LogP contribution is 2.29. The van der Waals surface area contributed by atoms with Gasteiger partial charge in [0.1, 0.15) is 16.8 Å². The van der Waals surface area contributed by atoms with Gasteiger partial charge in [-0.3, -0.25) is 0 Å². The van der Waals surface area contributed by atoms with Crippen LogP contribution in [0.15, 0.2) is 30.5 Å². The Hall–Kier alpha value is -2.25. The SMILES string of the molecule is COC(C)(C)CCNC(=O)Nc1cc(-c2ccnc(Cl)c2)c(F)cc1F. The Kier molecular flexibility index (Phi) is 6.50. The van der Waals surface area contributed by atoms with Crippen LogP contribution in [0.4, 0.5) is 19.3 Å². The third-order valence-electron chi connectivity index (χ3n) is 3.91. The van der Waals surface area contributed by atoms with E-state index in [0.29, 0.717) is 24.6 Å². The van der Waals surface area contributed by atoms with Crippen molar-refractivity contribution in [3.63, 3.8) is 0 Å².